The molecular formula is C18H20N4O. The standard InChI is InChI=1S/C18H20N4O/c1-19-18-15(12-6-2-3-7-12)21-16(14-9-5-11-23-14)13-8-4-10-20-17(13)22-18/h4-5,8-12,15H,2-3,6-7H2,1H3,(H,19,20,22). The van der Waals surface area contributed by atoms with Gasteiger partial charge in [0.1, 0.15) is 17.6 Å². The molecule has 23 heavy (non-hydrogen) atoms. The van der Waals surface area contributed by atoms with Gasteiger partial charge in [-0.3, -0.25) is 4.99 Å². The van der Waals surface area contributed by atoms with E-state index in [0.29, 0.717) is 11.7 Å². The van der Waals surface area contributed by atoms with Crippen molar-refractivity contribution in [3.05, 3.63) is 48.0 Å². The van der Waals surface area contributed by atoms with Crippen LogP contribution in [-0.4, -0.2) is 29.6 Å². The lowest BCUT2D eigenvalue weighted by atomic mass is 9.97. The average molecular weight is 308 g/mol. The molecule has 1 atom stereocenters. The molecule has 1 N–H and O–H groups in total. The lowest BCUT2D eigenvalue weighted by Crippen LogP contribution is -2.35. The van der Waals surface area contributed by atoms with Crippen LogP contribution < -0.4 is 5.32 Å². The summed E-state index contributed by atoms with van der Waals surface area (Å²) >= 11 is 0. The number of fused-ring (bicyclic) bond motifs is 1. The number of hydrogen-bond donors (Lipinski definition) is 1. The first kappa shape index (κ1) is 14.2. The Kier molecular flexibility index (Phi) is 3.69. The predicted molar refractivity (Wildman–Crippen MR) is 90.5 cm³/mol. The van der Waals surface area contributed by atoms with Gasteiger partial charge >= 0.3 is 0 Å². The van der Waals surface area contributed by atoms with Crippen LogP contribution in [-0.2, 0) is 0 Å². The maximum atomic E-state index is 5.64. The number of aromatic nitrogens is 1. The maximum absolute atomic E-state index is 5.64. The van der Waals surface area contributed by atoms with Crippen molar-refractivity contribution in [2.24, 2.45) is 15.9 Å². The van der Waals surface area contributed by atoms with E-state index in [1.165, 1.54) is 25.7 Å². The molecule has 0 spiro atoms. The van der Waals surface area contributed by atoms with Gasteiger partial charge in [-0.2, -0.15) is 0 Å². The summed E-state index contributed by atoms with van der Waals surface area (Å²) in [6, 6.07) is 7.81. The molecular weight excluding hydrogens is 288 g/mol. The number of aliphatic imine (C=N–C) groups is 2. The van der Waals surface area contributed by atoms with Gasteiger partial charge in [0.15, 0.2) is 11.6 Å². The zero-order chi connectivity index (χ0) is 15.6. The van der Waals surface area contributed by atoms with Gasteiger partial charge in [-0.15, -0.1) is 0 Å². The first-order chi connectivity index (χ1) is 11.4. The summed E-state index contributed by atoms with van der Waals surface area (Å²) in [5.74, 6) is 2.90. The molecule has 1 fully saturated rings. The summed E-state index contributed by atoms with van der Waals surface area (Å²) < 4.78 is 5.64. The van der Waals surface area contributed by atoms with Gasteiger partial charge in [-0.05, 0) is 43.0 Å². The number of amidine groups is 1. The summed E-state index contributed by atoms with van der Waals surface area (Å²) in [6.07, 6.45) is 8.40. The Bertz CT molecular complexity index is 742. The molecule has 118 valence electrons. The van der Waals surface area contributed by atoms with Crippen LogP contribution in [0.25, 0.3) is 0 Å². The van der Waals surface area contributed by atoms with E-state index in [0.717, 1.165) is 22.9 Å². The van der Waals surface area contributed by atoms with Crippen molar-refractivity contribution in [3.8, 4) is 0 Å². The van der Waals surface area contributed by atoms with Crippen molar-refractivity contribution in [3.63, 3.8) is 0 Å². The lowest BCUT2D eigenvalue weighted by Gasteiger charge is -2.20. The second-order valence-electron chi connectivity index (χ2n) is 6.07. The van der Waals surface area contributed by atoms with Crippen LogP contribution in [0.3, 0.4) is 0 Å². The molecule has 1 aliphatic carbocycles. The Morgan fingerprint density at radius 2 is 2.04 bits per heavy atom. The predicted octanol–water partition coefficient (Wildman–Crippen LogP) is 3.33. The molecule has 0 radical (unpaired) electrons. The van der Waals surface area contributed by atoms with Gasteiger partial charge in [0.25, 0.3) is 0 Å². The van der Waals surface area contributed by atoms with Gasteiger partial charge in [0.2, 0.25) is 0 Å². The Labute approximate surface area is 135 Å². The molecule has 4 rings (SSSR count). The second kappa shape index (κ2) is 5.99. The third kappa shape index (κ3) is 2.56. The van der Waals surface area contributed by atoms with Gasteiger partial charge < -0.3 is 9.73 Å². The van der Waals surface area contributed by atoms with Crippen molar-refractivity contribution < 1.29 is 4.42 Å². The summed E-state index contributed by atoms with van der Waals surface area (Å²) in [7, 11) is 1.91. The molecule has 5 heteroatoms. The highest BCUT2D eigenvalue weighted by Crippen LogP contribution is 2.33. The fraction of sp³-hybridized carbons (Fsp3) is 0.389. The molecule has 0 bridgehead atoms. The van der Waals surface area contributed by atoms with Gasteiger partial charge in [0.05, 0.1) is 6.26 Å². The molecule has 1 saturated carbocycles. The van der Waals surface area contributed by atoms with Crippen LogP contribution in [0.2, 0.25) is 0 Å². The van der Waals surface area contributed by atoms with E-state index in [1.807, 2.05) is 31.3 Å². The molecule has 0 aromatic carbocycles. The normalized spacial score (nSPS) is 21.3. The maximum Gasteiger partial charge on any atom is 0.163 e. The Morgan fingerprint density at radius 1 is 1.17 bits per heavy atom. The zero-order valence-electron chi connectivity index (χ0n) is 13.2. The molecule has 5 nitrogen and oxygen atoms in total. The number of hydrogen-bond acceptors (Lipinski definition) is 5. The Balaban J connectivity index is 1.88. The van der Waals surface area contributed by atoms with Crippen LogP contribution in [0.5, 0.6) is 0 Å². The largest absolute Gasteiger partial charge is 0.463 e. The first-order valence-corrected chi connectivity index (χ1v) is 8.20. The molecule has 2 aromatic heterocycles. The smallest absolute Gasteiger partial charge is 0.163 e. The number of nitrogens with one attached hydrogen (secondary N) is 1. The first-order valence-electron chi connectivity index (χ1n) is 8.20. The minimum atomic E-state index is 0.0387. The van der Waals surface area contributed by atoms with E-state index in [-0.39, 0.29) is 6.04 Å². The summed E-state index contributed by atoms with van der Waals surface area (Å²) in [6.45, 7) is 0. The third-order valence-electron chi connectivity index (χ3n) is 4.67. The van der Waals surface area contributed by atoms with Gasteiger partial charge in [0, 0.05) is 18.8 Å². The highest BCUT2D eigenvalue weighted by atomic mass is 16.3. The zero-order valence-corrected chi connectivity index (χ0v) is 13.2. The van der Waals surface area contributed by atoms with Crippen LogP contribution in [0.15, 0.2) is 51.1 Å². The minimum Gasteiger partial charge on any atom is -0.463 e. The highest BCUT2D eigenvalue weighted by Gasteiger charge is 2.32. The number of nitrogens with zero attached hydrogens (tertiary/aromatic N) is 3. The second-order valence-corrected chi connectivity index (χ2v) is 6.07. The van der Waals surface area contributed by atoms with E-state index < -0.39 is 0 Å². The van der Waals surface area contributed by atoms with Crippen molar-refractivity contribution in [1.29, 1.82) is 0 Å². The number of furan rings is 1. The summed E-state index contributed by atoms with van der Waals surface area (Å²) in [5.41, 5.74) is 1.78. The third-order valence-corrected chi connectivity index (χ3v) is 4.67. The molecule has 3 heterocycles. The van der Waals surface area contributed by atoms with Crippen LogP contribution >= 0.6 is 0 Å². The fourth-order valence-corrected chi connectivity index (χ4v) is 3.54. The summed E-state index contributed by atoms with van der Waals surface area (Å²) in [4.78, 5) is 14.3. The van der Waals surface area contributed by atoms with E-state index in [1.54, 1.807) is 12.5 Å². The highest BCUT2D eigenvalue weighted by molar-refractivity contribution is 6.16. The summed E-state index contributed by atoms with van der Waals surface area (Å²) in [5, 5.41) is 3.25. The van der Waals surface area contributed by atoms with Crippen LogP contribution in [0.4, 0.5) is 5.82 Å². The molecule has 0 saturated heterocycles. The van der Waals surface area contributed by atoms with Gasteiger partial charge in [-0.25, -0.2) is 9.98 Å². The molecule has 0 amide bonds. The van der Waals surface area contributed by atoms with Crippen LogP contribution in [0.1, 0.15) is 37.0 Å². The van der Waals surface area contributed by atoms with E-state index in [9.17, 15) is 0 Å². The molecule has 2 aromatic rings. The van der Waals surface area contributed by atoms with E-state index >= 15 is 0 Å². The van der Waals surface area contributed by atoms with E-state index in [4.69, 9.17) is 14.4 Å². The van der Waals surface area contributed by atoms with E-state index in [2.05, 4.69) is 10.3 Å². The van der Waals surface area contributed by atoms with Crippen molar-refractivity contribution >= 4 is 17.4 Å². The fourth-order valence-electron chi connectivity index (χ4n) is 3.54. The Hall–Kier alpha value is -2.43. The lowest BCUT2D eigenvalue weighted by molar-refractivity contribution is 0.503. The molecule has 1 aliphatic heterocycles. The minimum absolute atomic E-state index is 0.0387. The molecule has 1 unspecified atom stereocenters. The van der Waals surface area contributed by atoms with Gasteiger partial charge in [-0.1, -0.05) is 12.8 Å². The number of likely N-dealkylation sites (N-methyl/N-ethyl adjacent to an activating group) is 1. The van der Waals surface area contributed by atoms with Crippen molar-refractivity contribution in [2.45, 2.75) is 31.7 Å². The van der Waals surface area contributed by atoms with Crippen molar-refractivity contribution in [2.75, 3.05) is 7.05 Å². The van der Waals surface area contributed by atoms with Crippen LogP contribution in [0, 0.1) is 5.92 Å². The number of rotatable bonds is 2. The van der Waals surface area contributed by atoms with Crippen molar-refractivity contribution in [1.82, 2.24) is 10.3 Å². The topological polar surface area (TPSA) is 62.8 Å². The monoisotopic (exact) mass is 308 g/mol. The Morgan fingerprint density at radius 3 is 2.78 bits per heavy atom. The molecule has 2 aliphatic rings. The number of pyridine rings is 1. The average Bonchev–Trinajstić information content (AvgIpc) is 3.26. The SMILES string of the molecule is CNC1=Nc2ncccc2C(c2ccco2)=NC1C1CCCC1. The quantitative estimate of drug-likeness (QED) is 0.925.